The molecule has 3 aliphatic rings. The average molecular weight is 311 g/mol. The molecular formula is C17H30N2OS. The van der Waals surface area contributed by atoms with Gasteiger partial charge >= 0.3 is 0 Å². The number of thioether (sulfide) groups is 1. The summed E-state index contributed by atoms with van der Waals surface area (Å²) >= 11 is 2.07. The lowest BCUT2D eigenvalue weighted by Crippen LogP contribution is -2.56. The van der Waals surface area contributed by atoms with E-state index in [1.54, 1.807) is 0 Å². The van der Waals surface area contributed by atoms with Gasteiger partial charge in [-0.2, -0.15) is 11.8 Å². The lowest BCUT2D eigenvalue weighted by molar-refractivity contribution is -0.141. The highest BCUT2D eigenvalue weighted by molar-refractivity contribution is 8.00. The summed E-state index contributed by atoms with van der Waals surface area (Å²) in [6, 6.07) is 1.17. The van der Waals surface area contributed by atoms with Gasteiger partial charge in [-0.15, -0.1) is 0 Å². The molecule has 2 atom stereocenters. The van der Waals surface area contributed by atoms with E-state index in [0.717, 1.165) is 18.8 Å². The summed E-state index contributed by atoms with van der Waals surface area (Å²) in [7, 11) is 0. The van der Waals surface area contributed by atoms with E-state index in [1.165, 1.54) is 44.6 Å². The second-order valence-corrected chi connectivity index (χ2v) is 9.87. The molecule has 0 bridgehead atoms. The molecule has 120 valence electrons. The predicted molar refractivity (Wildman–Crippen MR) is 89.6 cm³/mol. The van der Waals surface area contributed by atoms with Gasteiger partial charge in [0.1, 0.15) is 0 Å². The molecule has 0 unspecified atom stereocenters. The van der Waals surface area contributed by atoms with Gasteiger partial charge < -0.3 is 9.80 Å². The van der Waals surface area contributed by atoms with E-state index >= 15 is 0 Å². The quantitative estimate of drug-likeness (QED) is 0.797. The van der Waals surface area contributed by atoms with Gasteiger partial charge in [0.15, 0.2) is 0 Å². The second kappa shape index (κ2) is 6.11. The van der Waals surface area contributed by atoms with E-state index in [9.17, 15) is 4.79 Å². The van der Waals surface area contributed by atoms with Gasteiger partial charge in [0.25, 0.3) is 0 Å². The van der Waals surface area contributed by atoms with Gasteiger partial charge in [0, 0.05) is 48.6 Å². The van der Waals surface area contributed by atoms with Gasteiger partial charge in [-0.3, -0.25) is 4.79 Å². The Morgan fingerprint density at radius 1 is 1.19 bits per heavy atom. The number of fused-ring (bicyclic) bond motifs is 1. The average Bonchev–Trinajstić information content (AvgIpc) is 3.21. The topological polar surface area (TPSA) is 23.6 Å². The maximum atomic E-state index is 12.2. The van der Waals surface area contributed by atoms with Crippen LogP contribution < -0.4 is 0 Å². The number of piperidine rings is 2. The first-order chi connectivity index (χ1) is 9.94. The molecule has 0 aromatic carbocycles. The summed E-state index contributed by atoms with van der Waals surface area (Å²) in [5.41, 5.74) is 0. The van der Waals surface area contributed by atoms with Crippen molar-refractivity contribution in [3.05, 3.63) is 0 Å². The lowest BCUT2D eigenvalue weighted by Gasteiger charge is -2.47. The van der Waals surface area contributed by atoms with Crippen LogP contribution >= 0.6 is 11.8 Å². The smallest absolute Gasteiger partial charge is 0.223 e. The van der Waals surface area contributed by atoms with Crippen LogP contribution in [0.5, 0.6) is 0 Å². The van der Waals surface area contributed by atoms with Crippen LogP contribution in [0.2, 0.25) is 0 Å². The Kier molecular flexibility index (Phi) is 4.56. The molecule has 0 radical (unpaired) electrons. The number of hydrogen-bond donors (Lipinski definition) is 0. The third-order valence-electron chi connectivity index (χ3n) is 5.04. The molecule has 2 heterocycles. The fourth-order valence-electron chi connectivity index (χ4n) is 3.88. The number of hydrogen-bond acceptors (Lipinski definition) is 3. The van der Waals surface area contributed by atoms with Gasteiger partial charge in [0.2, 0.25) is 5.91 Å². The summed E-state index contributed by atoms with van der Waals surface area (Å²) in [5.74, 6) is 2.40. The van der Waals surface area contributed by atoms with Crippen molar-refractivity contribution in [2.75, 3.05) is 25.4 Å². The Bertz CT molecular complexity index is 389. The molecule has 0 N–H and O–H groups in total. The van der Waals surface area contributed by atoms with E-state index < -0.39 is 0 Å². The van der Waals surface area contributed by atoms with Crippen molar-refractivity contribution >= 4 is 17.7 Å². The summed E-state index contributed by atoms with van der Waals surface area (Å²) in [6.45, 7) is 10.5. The molecule has 1 amide bonds. The first-order valence-electron chi connectivity index (χ1n) is 8.61. The Balaban J connectivity index is 1.50. The van der Waals surface area contributed by atoms with Crippen LogP contribution in [0.3, 0.4) is 0 Å². The number of amides is 1. The number of carbonyl (C=O) groups excluding carboxylic acids is 1. The first kappa shape index (κ1) is 15.7. The van der Waals surface area contributed by atoms with Crippen molar-refractivity contribution in [3.8, 4) is 0 Å². The maximum absolute atomic E-state index is 12.2. The highest BCUT2D eigenvalue weighted by Crippen LogP contribution is 2.39. The molecule has 4 heteroatoms. The minimum atomic E-state index is 0.373. The zero-order chi connectivity index (χ0) is 15.0. The van der Waals surface area contributed by atoms with Crippen molar-refractivity contribution in [1.29, 1.82) is 0 Å². The molecule has 1 aliphatic carbocycles. The Morgan fingerprint density at radius 3 is 2.62 bits per heavy atom. The third kappa shape index (κ3) is 3.95. The Morgan fingerprint density at radius 2 is 1.95 bits per heavy atom. The monoisotopic (exact) mass is 310 g/mol. The highest BCUT2D eigenvalue weighted by Gasteiger charge is 2.45. The van der Waals surface area contributed by atoms with Crippen molar-refractivity contribution in [3.63, 3.8) is 0 Å². The van der Waals surface area contributed by atoms with E-state index in [-0.39, 0.29) is 0 Å². The fourth-order valence-corrected chi connectivity index (χ4v) is 4.84. The van der Waals surface area contributed by atoms with Crippen LogP contribution in [0.25, 0.3) is 0 Å². The van der Waals surface area contributed by atoms with Gasteiger partial charge in [-0.1, -0.05) is 20.8 Å². The molecule has 0 spiro atoms. The molecule has 3 nitrogen and oxygen atoms in total. The van der Waals surface area contributed by atoms with Crippen LogP contribution in [0, 0.1) is 5.92 Å². The number of nitrogens with zero attached hydrogens (tertiary/aromatic N) is 2. The minimum absolute atomic E-state index is 0.373. The maximum Gasteiger partial charge on any atom is 0.223 e. The predicted octanol–water partition coefficient (Wildman–Crippen LogP) is 2.99. The van der Waals surface area contributed by atoms with Gasteiger partial charge in [-0.25, -0.2) is 0 Å². The van der Waals surface area contributed by atoms with Crippen LogP contribution in [0.4, 0.5) is 0 Å². The fraction of sp³-hybridized carbons (Fsp3) is 0.941. The third-order valence-corrected chi connectivity index (χ3v) is 6.29. The van der Waals surface area contributed by atoms with E-state index in [1.807, 2.05) is 0 Å². The Labute approximate surface area is 133 Å². The molecule has 21 heavy (non-hydrogen) atoms. The highest BCUT2D eigenvalue weighted by atomic mass is 32.2. The molecule has 0 aromatic heterocycles. The van der Waals surface area contributed by atoms with Gasteiger partial charge in [0.05, 0.1) is 0 Å². The van der Waals surface area contributed by atoms with Crippen molar-refractivity contribution < 1.29 is 4.79 Å². The van der Waals surface area contributed by atoms with Crippen molar-refractivity contribution in [1.82, 2.24) is 9.80 Å². The number of carbonyl (C=O) groups is 1. The molecule has 3 fully saturated rings. The first-order valence-corrected chi connectivity index (χ1v) is 9.60. The van der Waals surface area contributed by atoms with Crippen LogP contribution in [-0.4, -0.2) is 57.9 Å². The van der Waals surface area contributed by atoms with Crippen LogP contribution in [-0.2, 0) is 4.79 Å². The number of rotatable bonds is 4. The van der Waals surface area contributed by atoms with Crippen molar-refractivity contribution in [2.45, 2.75) is 69.7 Å². The summed E-state index contributed by atoms with van der Waals surface area (Å²) < 4.78 is 0.373. The van der Waals surface area contributed by atoms with Crippen molar-refractivity contribution in [2.24, 2.45) is 5.92 Å². The molecule has 0 aromatic rings. The molecule has 3 rings (SSSR count). The zero-order valence-electron chi connectivity index (χ0n) is 13.8. The summed E-state index contributed by atoms with van der Waals surface area (Å²) in [4.78, 5) is 17.1. The summed E-state index contributed by atoms with van der Waals surface area (Å²) in [6.07, 6.45) is 5.62. The lowest BCUT2D eigenvalue weighted by atomic mass is 9.83. The molecule has 2 saturated heterocycles. The Hall–Kier alpha value is -0.220. The number of likely N-dealkylation sites (tertiary alicyclic amines) is 2. The molecule has 2 aliphatic heterocycles. The minimum Gasteiger partial charge on any atom is -0.336 e. The standard InChI is InChI=1S/C17H30N2OS/c1-17(2,3)21-11-10-18-9-8-15-13(12-18)4-7-16(20)19(15)14-5-6-14/h13-15H,4-12H2,1-3H3/t13-,15-/m1/s1. The van der Waals surface area contributed by atoms with E-state index in [0.29, 0.717) is 22.7 Å². The summed E-state index contributed by atoms with van der Waals surface area (Å²) in [5, 5.41) is 0. The van der Waals surface area contributed by atoms with Gasteiger partial charge in [-0.05, 0) is 31.6 Å². The van der Waals surface area contributed by atoms with Crippen LogP contribution in [0.15, 0.2) is 0 Å². The molecule has 1 saturated carbocycles. The zero-order valence-corrected chi connectivity index (χ0v) is 14.6. The molecular weight excluding hydrogens is 280 g/mol. The van der Waals surface area contributed by atoms with Crippen LogP contribution in [0.1, 0.15) is 52.9 Å². The second-order valence-electron chi connectivity index (χ2n) is 7.95. The largest absolute Gasteiger partial charge is 0.336 e. The normalized spacial score (nSPS) is 31.4. The SMILES string of the molecule is CC(C)(C)SCCN1CC[C@@H]2[C@H](CCC(=O)N2C2CC2)C1. The van der Waals surface area contributed by atoms with E-state index in [2.05, 4.69) is 42.3 Å². The van der Waals surface area contributed by atoms with E-state index in [4.69, 9.17) is 0 Å².